The number of benzene rings is 6. The van der Waals surface area contributed by atoms with Crippen LogP contribution in [0.2, 0.25) is 0 Å². The SMILES string of the molecule is Nc1c(SOOO)cc(S(=O)(=O)O)c2ccc(N=Nc3ccc([N+]([O-])=Nc4ccc(N=Nc5ccc6c(S(=O)(=O)O)cc(S(=O)(=O)O)c(N)c6c5O)c(O)c4)cc3O)c(O)c12. The molecule has 0 bridgehead atoms. The third-order valence-corrected chi connectivity index (χ3v) is 11.6. The van der Waals surface area contributed by atoms with Crippen molar-refractivity contribution >= 4 is 109 Å². The van der Waals surface area contributed by atoms with Crippen LogP contribution in [0.3, 0.4) is 0 Å². The van der Waals surface area contributed by atoms with Crippen LogP contribution < -0.4 is 11.5 Å². The van der Waals surface area contributed by atoms with Crippen molar-refractivity contribution in [3.8, 4) is 23.0 Å². The molecule has 0 saturated carbocycles. The topological polar surface area (TPSA) is 423 Å². The van der Waals surface area contributed by atoms with Gasteiger partial charge in [0, 0.05) is 28.0 Å². The van der Waals surface area contributed by atoms with Crippen LogP contribution in [0.5, 0.6) is 23.0 Å². The maximum Gasteiger partial charge on any atom is 0.296 e. The number of hydrogen-bond donors (Lipinski definition) is 10. The molecule has 0 unspecified atom stereocenters. The average Bonchev–Trinajstić information content (AvgIpc) is 3.16. The largest absolute Gasteiger partial charge is 0.594 e. The molecular formula is C32H24N8O17S4. The van der Waals surface area contributed by atoms with Crippen molar-refractivity contribution in [3.05, 3.63) is 78.0 Å². The first-order chi connectivity index (χ1) is 28.5. The summed E-state index contributed by atoms with van der Waals surface area (Å²) >= 11 is 0.251. The van der Waals surface area contributed by atoms with Crippen LogP contribution in [-0.4, -0.2) is 69.5 Å². The predicted octanol–water partition coefficient (Wildman–Crippen LogP) is 6.90. The zero-order chi connectivity index (χ0) is 44.8. The molecule has 0 spiro atoms. The van der Waals surface area contributed by atoms with Gasteiger partial charge in [0.05, 0.1) is 45.2 Å². The molecule has 12 N–H and O–H groups in total. The molecule has 6 rings (SSSR count). The number of azo groups is 3. The third kappa shape index (κ3) is 8.90. The van der Waals surface area contributed by atoms with E-state index in [1.165, 1.54) is 6.07 Å². The smallest absolute Gasteiger partial charge is 0.296 e. The molecule has 0 fully saturated rings. The van der Waals surface area contributed by atoms with Crippen molar-refractivity contribution in [1.29, 1.82) is 0 Å². The predicted molar refractivity (Wildman–Crippen MR) is 210 cm³/mol. The van der Waals surface area contributed by atoms with Gasteiger partial charge in [0.2, 0.25) is 5.69 Å². The summed E-state index contributed by atoms with van der Waals surface area (Å²) in [6, 6.07) is 12.2. The molecular weight excluding hydrogens is 897 g/mol. The molecule has 0 aliphatic rings. The summed E-state index contributed by atoms with van der Waals surface area (Å²) in [6.45, 7) is 0. The van der Waals surface area contributed by atoms with E-state index in [2.05, 4.69) is 34.9 Å². The molecule has 25 nitrogen and oxygen atoms in total. The van der Waals surface area contributed by atoms with E-state index in [4.69, 9.17) is 16.7 Å². The average molecular weight is 921 g/mol. The van der Waals surface area contributed by atoms with Gasteiger partial charge in [-0.3, -0.25) is 13.7 Å². The third-order valence-electron chi connectivity index (χ3n) is 8.30. The molecule has 29 heteroatoms. The molecule has 6 aromatic carbocycles. The van der Waals surface area contributed by atoms with Crippen molar-refractivity contribution in [2.75, 3.05) is 11.5 Å². The standard InChI is InChI=1S/C32H24N8O17S4/c33-29-23(58-57-56-46)11-24(59(47,48)49)15-3-7-19(31(43)27(15)29)37-36-18-6-2-14(10-22(18)42)40(45)39-13-1-5-17(21(41)9-13)35-38-20-8-4-16-25(60(50,51)52)12-26(61(53,54)55)30(34)28(16)32(20)44/h1-12,41-44,46H,33-34H2,(H,47,48,49)(H,50,51,52)(H,53,54,55). The minimum atomic E-state index is -5.15. The number of aromatic hydroxyl groups is 4. The highest BCUT2D eigenvalue weighted by Gasteiger charge is 2.27. The van der Waals surface area contributed by atoms with Gasteiger partial charge in [0.1, 0.15) is 54.6 Å². The lowest BCUT2D eigenvalue weighted by molar-refractivity contribution is -0.435. The summed E-state index contributed by atoms with van der Waals surface area (Å²) in [7, 11) is -15.1. The normalized spacial score (nSPS) is 13.0. The molecule has 0 aromatic heterocycles. The Morgan fingerprint density at radius 3 is 1.54 bits per heavy atom. The molecule has 0 radical (unpaired) electrons. The van der Waals surface area contributed by atoms with Gasteiger partial charge in [0.15, 0.2) is 11.5 Å². The monoisotopic (exact) mass is 920 g/mol. The number of hydrogen-bond acceptors (Lipinski definition) is 22. The number of anilines is 2. The van der Waals surface area contributed by atoms with Crippen LogP contribution in [0.4, 0.5) is 45.5 Å². The molecule has 0 aliphatic carbocycles. The lowest BCUT2D eigenvalue weighted by Crippen LogP contribution is -2.08. The van der Waals surface area contributed by atoms with Crippen LogP contribution in [-0.2, 0) is 39.7 Å². The lowest BCUT2D eigenvalue weighted by atomic mass is 10.1. The minimum Gasteiger partial charge on any atom is -0.594 e. The second-order valence-corrected chi connectivity index (χ2v) is 17.0. The molecule has 0 saturated heterocycles. The molecule has 0 aliphatic heterocycles. The summed E-state index contributed by atoms with van der Waals surface area (Å²) in [5.41, 5.74) is 9.23. The van der Waals surface area contributed by atoms with Gasteiger partial charge >= 0.3 is 0 Å². The van der Waals surface area contributed by atoms with Gasteiger partial charge < -0.3 is 37.1 Å². The zero-order valence-electron chi connectivity index (χ0n) is 29.7. The Bertz CT molecular complexity index is 3260. The van der Waals surface area contributed by atoms with E-state index in [-0.39, 0.29) is 66.7 Å². The molecule has 0 amide bonds. The Labute approximate surface area is 344 Å². The molecule has 61 heavy (non-hydrogen) atoms. The maximum absolute atomic E-state index is 12.9. The summed E-state index contributed by atoms with van der Waals surface area (Å²) in [4.78, 5) is -2.97. The van der Waals surface area contributed by atoms with Gasteiger partial charge in [0.25, 0.3) is 30.4 Å². The minimum absolute atomic E-state index is 0.0572. The number of phenols is 4. The molecule has 6 aromatic rings. The van der Waals surface area contributed by atoms with E-state index in [0.29, 0.717) is 6.07 Å². The van der Waals surface area contributed by atoms with Crippen molar-refractivity contribution in [1.82, 2.24) is 0 Å². The zero-order valence-corrected chi connectivity index (χ0v) is 32.9. The van der Waals surface area contributed by atoms with Crippen LogP contribution in [0.15, 0.2) is 118 Å². The fourth-order valence-corrected chi connectivity index (χ4v) is 8.27. The first-order valence-electron chi connectivity index (χ1n) is 15.9. The van der Waals surface area contributed by atoms with Gasteiger partial charge in [-0.2, -0.15) is 25.3 Å². The Kier molecular flexibility index (Phi) is 11.7. The Morgan fingerprint density at radius 1 is 0.590 bits per heavy atom. The fourth-order valence-electron chi connectivity index (χ4n) is 5.59. The molecule has 0 atom stereocenters. The quantitative estimate of drug-likeness (QED) is 0.0113. The maximum atomic E-state index is 12.9. The highest BCUT2D eigenvalue weighted by Crippen LogP contribution is 2.47. The second kappa shape index (κ2) is 16.3. The van der Waals surface area contributed by atoms with Gasteiger partial charge in [-0.05, 0) is 47.3 Å². The number of nitrogens with zero attached hydrogens (tertiary/aromatic N) is 6. The highest BCUT2D eigenvalue weighted by atomic mass is 32.2. The van der Waals surface area contributed by atoms with E-state index in [9.17, 15) is 64.5 Å². The first-order valence-corrected chi connectivity index (χ1v) is 21.0. The van der Waals surface area contributed by atoms with Crippen LogP contribution >= 0.6 is 12.0 Å². The fraction of sp³-hybridized carbons (Fsp3) is 0. The highest BCUT2D eigenvalue weighted by molar-refractivity contribution is 7.94. The summed E-state index contributed by atoms with van der Waals surface area (Å²) in [6.07, 6.45) is 0. The van der Waals surface area contributed by atoms with Crippen LogP contribution in [0.25, 0.3) is 21.5 Å². The van der Waals surface area contributed by atoms with E-state index in [0.717, 1.165) is 60.7 Å². The van der Waals surface area contributed by atoms with Crippen LogP contribution in [0, 0.1) is 5.21 Å². The Hall–Kier alpha value is -6.80. The number of fused-ring (bicyclic) bond motifs is 2. The number of nitrogen functional groups attached to an aromatic ring is 2. The summed E-state index contributed by atoms with van der Waals surface area (Å²) in [5, 5.41) is 85.3. The Morgan fingerprint density at radius 2 is 1.05 bits per heavy atom. The lowest BCUT2D eigenvalue weighted by Gasteiger charge is -2.13. The second-order valence-electron chi connectivity index (χ2n) is 12.1. The van der Waals surface area contributed by atoms with E-state index < -0.39 is 90.2 Å². The number of nitrogens with two attached hydrogens (primary N) is 2. The van der Waals surface area contributed by atoms with Gasteiger partial charge in [-0.1, -0.05) is 17.2 Å². The Balaban J connectivity index is 1.25. The summed E-state index contributed by atoms with van der Waals surface area (Å²) in [5.74, 6) is -2.83. The van der Waals surface area contributed by atoms with Crippen molar-refractivity contribution in [2.24, 2.45) is 25.6 Å². The molecule has 318 valence electrons. The molecule has 0 heterocycles. The van der Waals surface area contributed by atoms with Crippen LogP contribution in [0.1, 0.15) is 0 Å². The van der Waals surface area contributed by atoms with Crippen molar-refractivity contribution in [2.45, 2.75) is 19.6 Å². The summed E-state index contributed by atoms with van der Waals surface area (Å²) < 4.78 is 105. The van der Waals surface area contributed by atoms with Crippen molar-refractivity contribution in [3.63, 3.8) is 0 Å². The van der Waals surface area contributed by atoms with Crippen molar-refractivity contribution < 1.29 is 78.8 Å². The van der Waals surface area contributed by atoms with E-state index >= 15 is 0 Å². The first kappa shape index (κ1) is 43.8. The number of rotatable bonds is 12. The number of phenolic OH excluding ortho intramolecular Hbond substituents is 4. The van der Waals surface area contributed by atoms with Gasteiger partial charge in [-0.15, -0.1) is 24.8 Å². The van der Waals surface area contributed by atoms with E-state index in [1.54, 1.807) is 0 Å². The van der Waals surface area contributed by atoms with E-state index in [1.807, 2.05) is 0 Å². The van der Waals surface area contributed by atoms with Gasteiger partial charge in [-0.25, -0.2) is 5.26 Å².